The SMILES string of the molecule is CCCCNN1CCN(/C(C)=C/C=C(\C)C(=O)/C=C/C2=CC=C(OCCN=NN(C)CC(O)(Cn3cncn3)c3ccc(F)cc3F)C=CC2)CC1. The molecule has 2 aromatic rings. The number of nitrogens with one attached hydrogen (secondary N) is 1. The predicted octanol–water partition coefficient (Wildman–Crippen LogP) is 5.43. The average Bonchev–Trinajstić information content (AvgIpc) is 3.52. The second kappa shape index (κ2) is 20.3. The highest BCUT2D eigenvalue weighted by molar-refractivity contribution is 6.03. The Morgan fingerprint density at radius 2 is 1.98 bits per heavy atom. The van der Waals surface area contributed by atoms with Crippen molar-refractivity contribution in [3.8, 4) is 0 Å². The van der Waals surface area contributed by atoms with E-state index < -0.39 is 17.2 Å². The first-order chi connectivity index (χ1) is 25.1. The third-order valence-corrected chi connectivity index (χ3v) is 8.64. The Bertz CT molecular complexity index is 1680. The topological polar surface area (TPSA) is 124 Å². The maximum absolute atomic E-state index is 14.7. The van der Waals surface area contributed by atoms with Crippen molar-refractivity contribution in [2.24, 2.45) is 10.3 Å². The normalized spacial score (nSPS) is 17.3. The van der Waals surface area contributed by atoms with Crippen molar-refractivity contribution < 1.29 is 23.4 Å². The van der Waals surface area contributed by atoms with Crippen LogP contribution in [0, 0.1) is 11.6 Å². The van der Waals surface area contributed by atoms with Crippen LogP contribution in [0.4, 0.5) is 8.78 Å². The number of nitrogens with zero attached hydrogens (tertiary/aromatic N) is 8. The van der Waals surface area contributed by atoms with Gasteiger partial charge in [0.15, 0.2) is 5.78 Å². The van der Waals surface area contributed by atoms with Crippen molar-refractivity contribution >= 4 is 5.78 Å². The molecule has 1 fully saturated rings. The fraction of sp³-hybridized carbons (Fsp3) is 0.447. The van der Waals surface area contributed by atoms with Gasteiger partial charge in [-0.1, -0.05) is 48.9 Å². The predicted molar refractivity (Wildman–Crippen MR) is 196 cm³/mol. The van der Waals surface area contributed by atoms with E-state index >= 15 is 0 Å². The Labute approximate surface area is 305 Å². The lowest BCUT2D eigenvalue weighted by Gasteiger charge is -2.36. The van der Waals surface area contributed by atoms with Gasteiger partial charge in [-0.25, -0.2) is 23.5 Å². The number of piperazine rings is 1. The Morgan fingerprint density at radius 3 is 2.71 bits per heavy atom. The Kier molecular flexibility index (Phi) is 15.6. The van der Waals surface area contributed by atoms with Crippen LogP contribution in [0.2, 0.25) is 0 Å². The number of halogens is 2. The molecule has 2 N–H and O–H groups in total. The summed E-state index contributed by atoms with van der Waals surface area (Å²) in [6.45, 7) is 11.1. The van der Waals surface area contributed by atoms with E-state index in [1.807, 2.05) is 49.5 Å². The second-order valence-corrected chi connectivity index (χ2v) is 12.9. The van der Waals surface area contributed by atoms with Crippen molar-refractivity contribution in [1.82, 2.24) is 35.1 Å². The number of carbonyl (C=O) groups is 1. The number of hydrogen-bond acceptors (Lipinski definition) is 10. The van der Waals surface area contributed by atoms with Crippen LogP contribution in [-0.2, 0) is 21.7 Å². The molecule has 0 spiro atoms. The van der Waals surface area contributed by atoms with Crippen LogP contribution in [0.5, 0.6) is 0 Å². The molecular formula is C38H51F2N9O3. The van der Waals surface area contributed by atoms with Crippen LogP contribution < -0.4 is 5.43 Å². The molecular weight excluding hydrogens is 668 g/mol. The number of carbonyl (C=O) groups excluding carboxylic acids is 1. The highest BCUT2D eigenvalue weighted by Gasteiger charge is 2.35. The minimum atomic E-state index is -1.80. The monoisotopic (exact) mass is 719 g/mol. The smallest absolute Gasteiger partial charge is 0.181 e. The quantitative estimate of drug-likeness (QED) is 0.0644. The summed E-state index contributed by atoms with van der Waals surface area (Å²) in [6.07, 6.45) is 20.6. The zero-order valence-electron chi connectivity index (χ0n) is 30.6. The highest BCUT2D eigenvalue weighted by atomic mass is 19.1. The van der Waals surface area contributed by atoms with Crippen LogP contribution in [0.1, 0.15) is 45.6 Å². The van der Waals surface area contributed by atoms with Crippen molar-refractivity contribution in [3.63, 3.8) is 0 Å². The first-order valence-electron chi connectivity index (χ1n) is 17.7. The summed E-state index contributed by atoms with van der Waals surface area (Å²) in [5.74, 6) is -1.03. The van der Waals surface area contributed by atoms with Gasteiger partial charge in [0.2, 0.25) is 0 Å². The summed E-state index contributed by atoms with van der Waals surface area (Å²) >= 11 is 0. The standard InChI is InChI=1S/C38H51F2N9O3/c1-5-6-18-43-48-22-20-47(21-23-48)31(3)11-10-30(2)37(50)17-13-32-8-7-9-34(15-12-32)52-24-19-42-45-46(4)26-38(51,27-49-29-41-28-44-49)35-16-14-33(39)25-36(35)40/h7,9-17,25,28-29,43,51H,5-6,8,18-24,26-27H2,1-4H3/b17-13+,30-10+,31-11+,45-42?. The molecule has 280 valence electrons. The molecule has 1 aromatic carbocycles. The van der Waals surface area contributed by atoms with Gasteiger partial charge < -0.3 is 14.7 Å². The van der Waals surface area contributed by atoms with Crippen LogP contribution in [-0.4, -0.2) is 100 Å². The van der Waals surface area contributed by atoms with Crippen molar-refractivity contribution in [2.75, 3.05) is 59.5 Å². The number of ketones is 1. The molecule has 2 aliphatic rings. The third-order valence-electron chi connectivity index (χ3n) is 8.64. The van der Waals surface area contributed by atoms with Gasteiger partial charge in [0.05, 0.1) is 19.6 Å². The van der Waals surface area contributed by atoms with E-state index in [1.54, 1.807) is 13.1 Å². The zero-order chi connectivity index (χ0) is 37.3. The second-order valence-electron chi connectivity index (χ2n) is 12.9. The number of aliphatic hydroxyl groups is 1. The number of benzene rings is 1. The number of aromatic nitrogens is 3. The molecule has 12 nitrogen and oxygen atoms in total. The van der Waals surface area contributed by atoms with Gasteiger partial charge in [0.1, 0.15) is 42.3 Å². The summed E-state index contributed by atoms with van der Waals surface area (Å²) in [5.41, 5.74) is 4.38. The Morgan fingerprint density at radius 1 is 1.17 bits per heavy atom. The number of hydrazine groups is 1. The number of hydrogen-bond donors (Lipinski definition) is 2. The molecule has 1 aliphatic heterocycles. The van der Waals surface area contributed by atoms with E-state index in [-0.39, 0.29) is 37.6 Å². The molecule has 1 aliphatic carbocycles. The fourth-order valence-electron chi connectivity index (χ4n) is 5.66. The number of rotatable bonds is 19. The van der Waals surface area contributed by atoms with Gasteiger partial charge >= 0.3 is 0 Å². The minimum Gasteiger partial charge on any atom is -0.492 e. The van der Waals surface area contributed by atoms with Gasteiger partial charge in [-0.2, -0.15) is 10.2 Å². The lowest BCUT2D eigenvalue weighted by molar-refractivity contribution is -0.111. The molecule has 0 bridgehead atoms. The van der Waals surface area contributed by atoms with Gasteiger partial charge in [0.25, 0.3) is 0 Å². The van der Waals surface area contributed by atoms with Crippen molar-refractivity contribution in [1.29, 1.82) is 0 Å². The number of unbranched alkanes of at least 4 members (excludes halogenated alkanes) is 1. The molecule has 1 aromatic heterocycles. The molecule has 0 amide bonds. The summed E-state index contributed by atoms with van der Waals surface area (Å²) in [4.78, 5) is 19.0. The first kappa shape index (κ1) is 40.0. The van der Waals surface area contributed by atoms with E-state index in [0.717, 1.165) is 56.1 Å². The lowest BCUT2D eigenvalue weighted by atomic mass is 9.92. The summed E-state index contributed by atoms with van der Waals surface area (Å²) in [5, 5.41) is 27.4. The molecule has 14 heteroatoms. The van der Waals surface area contributed by atoms with E-state index in [4.69, 9.17) is 4.74 Å². The fourth-order valence-corrected chi connectivity index (χ4v) is 5.66. The summed E-state index contributed by atoms with van der Waals surface area (Å²) in [6, 6.07) is 3.02. The summed E-state index contributed by atoms with van der Waals surface area (Å²) in [7, 11) is 1.59. The third kappa shape index (κ3) is 12.8. The van der Waals surface area contributed by atoms with Crippen LogP contribution in [0.25, 0.3) is 0 Å². The minimum absolute atomic E-state index is 0.0430. The van der Waals surface area contributed by atoms with Crippen molar-refractivity contribution in [2.45, 2.75) is 52.2 Å². The maximum Gasteiger partial charge on any atom is 0.181 e. The molecule has 0 radical (unpaired) electrons. The van der Waals surface area contributed by atoms with Crippen LogP contribution in [0.15, 0.2) is 112 Å². The van der Waals surface area contributed by atoms with E-state index in [9.17, 15) is 18.7 Å². The van der Waals surface area contributed by atoms with Crippen LogP contribution >= 0.6 is 0 Å². The lowest BCUT2D eigenvalue weighted by Crippen LogP contribution is -2.51. The van der Waals surface area contributed by atoms with E-state index in [2.05, 4.69) is 49.6 Å². The molecule has 4 rings (SSSR count). The van der Waals surface area contributed by atoms with Gasteiger partial charge in [-0.05, 0) is 68.2 Å². The molecule has 52 heavy (non-hydrogen) atoms. The van der Waals surface area contributed by atoms with Crippen molar-refractivity contribution in [3.05, 3.63) is 119 Å². The number of allylic oxidation sites excluding steroid dienone is 11. The number of ether oxygens (including phenoxy) is 1. The largest absolute Gasteiger partial charge is 0.492 e. The Hall–Kier alpha value is -4.79. The molecule has 1 unspecified atom stereocenters. The zero-order valence-corrected chi connectivity index (χ0v) is 30.6. The molecule has 1 atom stereocenters. The van der Waals surface area contributed by atoms with E-state index in [0.29, 0.717) is 17.8 Å². The summed E-state index contributed by atoms with van der Waals surface area (Å²) < 4.78 is 35.5. The highest BCUT2D eigenvalue weighted by Crippen LogP contribution is 2.28. The van der Waals surface area contributed by atoms with Gasteiger partial charge in [-0.15, -0.1) is 0 Å². The molecule has 1 saturated heterocycles. The molecule has 2 heterocycles. The Balaban J connectivity index is 1.23. The molecule has 0 saturated carbocycles. The maximum atomic E-state index is 14.7. The van der Waals surface area contributed by atoms with Gasteiger partial charge in [-0.3, -0.25) is 15.2 Å². The van der Waals surface area contributed by atoms with E-state index in [1.165, 1.54) is 41.3 Å². The number of likely N-dealkylation sites (N-methyl/N-ethyl adjacent to an activating group) is 1. The van der Waals surface area contributed by atoms with Crippen LogP contribution in [0.3, 0.4) is 0 Å². The first-order valence-corrected chi connectivity index (χ1v) is 17.7. The van der Waals surface area contributed by atoms with Gasteiger partial charge in [0, 0.05) is 57.1 Å². The average molecular weight is 720 g/mol.